The summed E-state index contributed by atoms with van der Waals surface area (Å²) in [5.41, 5.74) is 0.806. The molecule has 1 fully saturated rings. The van der Waals surface area contributed by atoms with Crippen molar-refractivity contribution in [2.24, 2.45) is 17.8 Å². The van der Waals surface area contributed by atoms with Gasteiger partial charge >= 0.3 is 17.9 Å². The van der Waals surface area contributed by atoms with Crippen LogP contribution in [0, 0.1) is 17.8 Å². The second kappa shape index (κ2) is 11.8. The van der Waals surface area contributed by atoms with Crippen LogP contribution in [0.1, 0.15) is 47.8 Å². The molecule has 1 saturated heterocycles. The Morgan fingerprint density at radius 3 is 2.26 bits per heavy atom. The van der Waals surface area contributed by atoms with E-state index in [1.165, 1.54) is 36.7 Å². The third kappa shape index (κ3) is 6.26. The Balaban J connectivity index is 2.04. The smallest absolute Gasteiger partial charge is 0.308 e. The van der Waals surface area contributed by atoms with Gasteiger partial charge in [0, 0.05) is 12.4 Å². The van der Waals surface area contributed by atoms with Crippen LogP contribution < -0.4 is 4.74 Å². The molecule has 2 aromatic heterocycles. The summed E-state index contributed by atoms with van der Waals surface area (Å²) in [5, 5.41) is 0. The number of hydrogen-bond acceptors (Lipinski definition) is 11. The Morgan fingerprint density at radius 2 is 1.66 bits per heavy atom. The number of halogens is 1. The van der Waals surface area contributed by atoms with Crippen LogP contribution in [-0.4, -0.2) is 69.2 Å². The molecule has 0 N–H and O–H groups in total. The van der Waals surface area contributed by atoms with Crippen molar-refractivity contribution >= 4 is 17.9 Å². The van der Waals surface area contributed by atoms with Crippen molar-refractivity contribution in [3.8, 4) is 17.1 Å². The predicted molar refractivity (Wildman–Crippen MR) is 129 cm³/mol. The summed E-state index contributed by atoms with van der Waals surface area (Å²) in [5.74, 6) is -6.42. The van der Waals surface area contributed by atoms with Crippen molar-refractivity contribution < 1.29 is 42.5 Å². The summed E-state index contributed by atoms with van der Waals surface area (Å²) in [6, 6.07) is 0. The quantitative estimate of drug-likeness (QED) is 0.327. The fourth-order valence-electron chi connectivity index (χ4n) is 3.49. The summed E-state index contributed by atoms with van der Waals surface area (Å²) < 4.78 is 45.0. The predicted octanol–water partition coefficient (Wildman–Crippen LogP) is 2.88. The Labute approximate surface area is 219 Å². The zero-order valence-electron chi connectivity index (χ0n) is 22.4. The maximum absolute atomic E-state index is 16.5. The fraction of sp³-hybridized carbons (Fsp3) is 0.600. The highest BCUT2D eigenvalue weighted by Crippen LogP contribution is 2.43. The van der Waals surface area contributed by atoms with Crippen LogP contribution >= 0.6 is 0 Å². The molecule has 0 aromatic carbocycles. The van der Waals surface area contributed by atoms with Crippen LogP contribution in [0.15, 0.2) is 25.0 Å². The van der Waals surface area contributed by atoms with E-state index in [4.69, 9.17) is 23.7 Å². The maximum atomic E-state index is 16.5. The van der Waals surface area contributed by atoms with Gasteiger partial charge in [-0.05, 0) is 0 Å². The van der Waals surface area contributed by atoms with Gasteiger partial charge in [0.15, 0.2) is 18.9 Å². The lowest BCUT2D eigenvalue weighted by molar-refractivity contribution is -0.226. The molecule has 13 heteroatoms. The molecule has 3 heterocycles. The molecule has 12 nitrogen and oxygen atoms in total. The Morgan fingerprint density at radius 1 is 1.03 bits per heavy atom. The first-order chi connectivity index (χ1) is 17.9. The number of hydrogen-bond donors (Lipinski definition) is 0. The van der Waals surface area contributed by atoms with Gasteiger partial charge in [-0.15, -0.1) is 0 Å². The van der Waals surface area contributed by atoms with Crippen LogP contribution in [0.25, 0.3) is 11.3 Å². The molecule has 0 spiro atoms. The highest BCUT2D eigenvalue weighted by atomic mass is 19.2. The highest BCUT2D eigenvalue weighted by molar-refractivity contribution is 5.73. The number of aromatic nitrogens is 4. The van der Waals surface area contributed by atoms with Crippen molar-refractivity contribution in [1.29, 1.82) is 0 Å². The van der Waals surface area contributed by atoms with Crippen molar-refractivity contribution in [1.82, 2.24) is 19.5 Å². The average Bonchev–Trinajstić information content (AvgIpc) is 3.46. The lowest BCUT2D eigenvalue weighted by Crippen LogP contribution is -2.48. The van der Waals surface area contributed by atoms with E-state index in [0.29, 0.717) is 11.3 Å². The van der Waals surface area contributed by atoms with Crippen LogP contribution in [0.2, 0.25) is 0 Å². The number of imidazole rings is 1. The lowest BCUT2D eigenvalue weighted by atomic mass is 10.1. The van der Waals surface area contributed by atoms with E-state index in [0.717, 1.165) is 0 Å². The van der Waals surface area contributed by atoms with Crippen LogP contribution in [0.4, 0.5) is 4.39 Å². The second-order valence-electron chi connectivity index (χ2n) is 9.78. The SMILES string of the molecule is COc1ncncc1-c1cn([C@@H]2O[C@](F)(COC(=O)C(C)C)C(OC(=O)C(C)C)[C@@H]2OC(=O)C(C)C)cn1. The van der Waals surface area contributed by atoms with E-state index in [2.05, 4.69) is 15.0 Å². The molecule has 3 rings (SSSR count). The highest BCUT2D eigenvalue weighted by Gasteiger charge is 2.62. The molecule has 1 aliphatic rings. The van der Waals surface area contributed by atoms with Gasteiger partial charge in [-0.25, -0.2) is 19.3 Å². The maximum Gasteiger partial charge on any atom is 0.308 e. The number of esters is 3. The van der Waals surface area contributed by atoms with Gasteiger partial charge in [-0.1, -0.05) is 41.5 Å². The molecule has 0 bridgehead atoms. The molecule has 208 valence electrons. The Hall–Kier alpha value is -3.61. The molecule has 1 unspecified atom stereocenters. The standard InChI is InChI=1S/C25H33FN4O8/c1-13(2)22(31)35-10-25(26)19(37-24(33)15(5)6)18(36-23(32)14(3)4)21(38-25)30-9-17(29-12-30)16-8-27-11-28-20(16)34-7/h8-9,11-15,18-19,21H,10H2,1-7H3/t18-,19?,21+,25+/m0/s1. The zero-order valence-corrected chi connectivity index (χ0v) is 22.4. The van der Waals surface area contributed by atoms with E-state index < -0.39 is 66.6 Å². The molecule has 0 saturated carbocycles. The molecule has 4 atom stereocenters. The Kier molecular flexibility index (Phi) is 9.02. The van der Waals surface area contributed by atoms with Gasteiger partial charge in [0.1, 0.15) is 6.33 Å². The zero-order chi connectivity index (χ0) is 28.2. The number of alkyl halides is 1. The molecular formula is C25H33FN4O8. The van der Waals surface area contributed by atoms with Crippen LogP contribution in [0.5, 0.6) is 5.88 Å². The average molecular weight is 537 g/mol. The summed E-state index contributed by atoms with van der Waals surface area (Å²) in [6.45, 7) is 8.63. The molecule has 1 aliphatic heterocycles. The topological polar surface area (TPSA) is 141 Å². The molecular weight excluding hydrogens is 503 g/mol. The fourth-order valence-corrected chi connectivity index (χ4v) is 3.49. The first-order valence-corrected chi connectivity index (χ1v) is 12.2. The number of carbonyl (C=O) groups excluding carboxylic acids is 3. The molecule has 0 amide bonds. The van der Waals surface area contributed by atoms with Crippen LogP contribution in [0.3, 0.4) is 0 Å². The minimum Gasteiger partial charge on any atom is -0.480 e. The summed E-state index contributed by atoms with van der Waals surface area (Å²) >= 11 is 0. The first kappa shape index (κ1) is 29.0. The summed E-state index contributed by atoms with van der Waals surface area (Å²) in [6.07, 6.45) is 1.11. The largest absolute Gasteiger partial charge is 0.480 e. The van der Waals surface area contributed by atoms with Crippen molar-refractivity contribution in [3.05, 3.63) is 25.0 Å². The summed E-state index contributed by atoms with van der Waals surface area (Å²) in [4.78, 5) is 49.7. The third-order valence-corrected chi connectivity index (χ3v) is 5.68. The van der Waals surface area contributed by atoms with E-state index in [1.807, 2.05) is 0 Å². The van der Waals surface area contributed by atoms with Crippen LogP contribution in [-0.2, 0) is 33.3 Å². The number of carbonyl (C=O) groups is 3. The molecule has 2 aromatic rings. The van der Waals surface area contributed by atoms with E-state index in [-0.39, 0.29) is 5.88 Å². The van der Waals surface area contributed by atoms with E-state index >= 15 is 4.39 Å². The third-order valence-electron chi connectivity index (χ3n) is 5.68. The molecule has 0 aliphatic carbocycles. The van der Waals surface area contributed by atoms with Gasteiger partial charge in [-0.2, -0.15) is 0 Å². The van der Waals surface area contributed by atoms with Crippen molar-refractivity contribution in [3.63, 3.8) is 0 Å². The lowest BCUT2D eigenvalue weighted by Gasteiger charge is -2.28. The minimum atomic E-state index is -2.83. The summed E-state index contributed by atoms with van der Waals surface area (Å²) in [7, 11) is 1.44. The van der Waals surface area contributed by atoms with Gasteiger partial charge < -0.3 is 28.3 Å². The second-order valence-corrected chi connectivity index (χ2v) is 9.78. The first-order valence-electron chi connectivity index (χ1n) is 12.2. The van der Waals surface area contributed by atoms with Gasteiger partial charge in [0.25, 0.3) is 5.85 Å². The number of nitrogens with zero attached hydrogens (tertiary/aromatic N) is 4. The van der Waals surface area contributed by atoms with E-state index in [9.17, 15) is 14.4 Å². The number of methoxy groups -OCH3 is 1. The van der Waals surface area contributed by atoms with E-state index in [1.54, 1.807) is 41.5 Å². The minimum absolute atomic E-state index is 0.254. The normalized spacial score (nSPS) is 23.1. The Bertz CT molecular complexity index is 1150. The van der Waals surface area contributed by atoms with Crippen molar-refractivity contribution in [2.45, 2.75) is 65.8 Å². The van der Waals surface area contributed by atoms with Gasteiger partial charge in [-0.3, -0.25) is 14.4 Å². The number of rotatable bonds is 10. The number of ether oxygens (including phenoxy) is 5. The van der Waals surface area contributed by atoms with Crippen molar-refractivity contribution in [2.75, 3.05) is 13.7 Å². The molecule has 0 radical (unpaired) electrons. The monoisotopic (exact) mass is 536 g/mol. The molecule has 38 heavy (non-hydrogen) atoms. The van der Waals surface area contributed by atoms with Gasteiger partial charge in [0.2, 0.25) is 12.0 Å². The van der Waals surface area contributed by atoms with Gasteiger partial charge in [0.05, 0.1) is 42.4 Å².